The maximum atomic E-state index is 12.7. The van der Waals surface area contributed by atoms with Gasteiger partial charge in [-0.25, -0.2) is 13.4 Å². The molecule has 1 aromatic carbocycles. The molecule has 2 aromatic rings. The van der Waals surface area contributed by atoms with Crippen molar-refractivity contribution in [3.63, 3.8) is 0 Å². The molecule has 0 aliphatic rings. The molecule has 1 N–H and O–H groups in total. The van der Waals surface area contributed by atoms with Crippen molar-refractivity contribution >= 4 is 39.1 Å². The quantitative estimate of drug-likeness (QED) is 0.488. The summed E-state index contributed by atoms with van der Waals surface area (Å²) in [4.78, 5) is 16.7. The number of pyridine rings is 1. The molecular weight excluding hydrogens is 449 g/mol. The fourth-order valence-corrected chi connectivity index (χ4v) is 4.55. The summed E-state index contributed by atoms with van der Waals surface area (Å²) >= 11 is 7.32. The molecule has 1 amide bonds. The summed E-state index contributed by atoms with van der Waals surface area (Å²) < 4.78 is 61.4. The Kier molecular flexibility index (Phi) is 7.23. The Morgan fingerprint density at radius 3 is 2.45 bits per heavy atom. The number of nitrogens with one attached hydrogen (secondary N) is 1. The van der Waals surface area contributed by atoms with Gasteiger partial charge in [-0.15, -0.1) is 11.8 Å². The molecule has 11 heteroatoms. The number of aromatic nitrogens is 1. The van der Waals surface area contributed by atoms with Crippen molar-refractivity contribution in [3.8, 4) is 0 Å². The number of carbonyl (C=O) groups excluding carboxylic acids is 1. The maximum Gasteiger partial charge on any atom is 0.417 e. The standard InChI is InChI=1S/C18H18ClF3N2O3S2/c1-17(2,16(25)23-8-9-28-14-5-3-4-13(19)10-14)29(26,27)15-7-6-12(11-24-15)18(20,21)22/h3-7,10-11H,8-9H2,1-2H3,(H,23,25). The van der Waals surface area contributed by atoms with Gasteiger partial charge in [0, 0.05) is 28.4 Å². The van der Waals surface area contributed by atoms with Crippen LogP contribution >= 0.6 is 23.4 Å². The molecule has 0 spiro atoms. The first-order valence-electron chi connectivity index (χ1n) is 8.30. The van der Waals surface area contributed by atoms with Crippen LogP contribution in [-0.4, -0.2) is 36.4 Å². The average molecular weight is 467 g/mol. The van der Waals surface area contributed by atoms with E-state index in [9.17, 15) is 26.4 Å². The normalized spacial score (nSPS) is 12.6. The molecule has 1 heterocycles. The number of carbonyl (C=O) groups is 1. The second-order valence-electron chi connectivity index (χ2n) is 6.46. The van der Waals surface area contributed by atoms with Gasteiger partial charge in [-0.1, -0.05) is 17.7 Å². The summed E-state index contributed by atoms with van der Waals surface area (Å²) in [5, 5.41) is 2.52. The molecule has 0 atom stereocenters. The third-order valence-electron chi connectivity index (χ3n) is 4.01. The van der Waals surface area contributed by atoms with E-state index in [1.807, 2.05) is 6.07 Å². The second kappa shape index (κ2) is 8.93. The van der Waals surface area contributed by atoms with Crippen LogP contribution < -0.4 is 5.32 Å². The highest BCUT2D eigenvalue weighted by Gasteiger charge is 2.44. The van der Waals surface area contributed by atoms with Gasteiger partial charge in [0.15, 0.2) is 9.77 Å². The van der Waals surface area contributed by atoms with Crippen LogP contribution in [0.1, 0.15) is 19.4 Å². The van der Waals surface area contributed by atoms with Crippen LogP contribution in [0.4, 0.5) is 13.2 Å². The minimum absolute atomic E-state index is 0.190. The Hall–Kier alpha value is -1.78. The van der Waals surface area contributed by atoms with Crippen LogP contribution in [0.5, 0.6) is 0 Å². The van der Waals surface area contributed by atoms with Crippen molar-refractivity contribution in [3.05, 3.63) is 53.2 Å². The van der Waals surface area contributed by atoms with Crippen molar-refractivity contribution < 1.29 is 26.4 Å². The third kappa shape index (κ3) is 5.64. The zero-order chi connectivity index (χ0) is 21.9. The monoisotopic (exact) mass is 466 g/mol. The molecule has 0 radical (unpaired) electrons. The number of amides is 1. The van der Waals surface area contributed by atoms with Crippen molar-refractivity contribution in [1.29, 1.82) is 0 Å². The molecule has 2 rings (SSSR count). The maximum absolute atomic E-state index is 12.7. The van der Waals surface area contributed by atoms with E-state index in [-0.39, 0.29) is 6.54 Å². The highest BCUT2D eigenvalue weighted by molar-refractivity contribution is 7.99. The Morgan fingerprint density at radius 1 is 1.21 bits per heavy atom. The summed E-state index contributed by atoms with van der Waals surface area (Å²) in [5.41, 5.74) is -1.07. The number of hydrogen-bond donors (Lipinski definition) is 1. The molecule has 29 heavy (non-hydrogen) atoms. The number of benzene rings is 1. The lowest BCUT2D eigenvalue weighted by Crippen LogP contribution is -2.48. The van der Waals surface area contributed by atoms with Gasteiger partial charge in [0.2, 0.25) is 15.7 Å². The number of nitrogens with zero attached hydrogens (tertiary/aromatic N) is 1. The fourth-order valence-electron chi connectivity index (χ4n) is 2.19. The van der Waals surface area contributed by atoms with E-state index in [0.717, 1.165) is 11.0 Å². The highest BCUT2D eigenvalue weighted by atomic mass is 35.5. The molecule has 5 nitrogen and oxygen atoms in total. The summed E-state index contributed by atoms with van der Waals surface area (Å²) in [6, 6.07) is 8.51. The topological polar surface area (TPSA) is 76.1 Å². The van der Waals surface area contributed by atoms with Crippen LogP contribution in [0.2, 0.25) is 5.02 Å². The number of rotatable bonds is 7. The van der Waals surface area contributed by atoms with E-state index in [2.05, 4.69) is 10.3 Å². The van der Waals surface area contributed by atoms with E-state index < -0.39 is 37.3 Å². The zero-order valence-electron chi connectivity index (χ0n) is 15.5. The summed E-state index contributed by atoms with van der Waals surface area (Å²) in [7, 11) is -4.31. The minimum Gasteiger partial charge on any atom is -0.354 e. The van der Waals surface area contributed by atoms with E-state index in [4.69, 9.17) is 11.6 Å². The lowest BCUT2D eigenvalue weighted by Gasteiger charge is -2.23. The molecule has 0 bridgehead atoms. The van der Waals surface area contributed by atoms with Gasteiger partial charge in [-0.05, 0) is 44.2 Å². The lowest BCUT2D eigenvalue weighted by molar-refractivity contribution is -0.137. The molecule has 0 unspecified atom stereocenters. The lowest BCUT2D eigenvalue weighted by atomic mass is 10.2. The first-order valence-corrected chi connectivity index (χ1v) is 11.1. The van der Waals surface area contributed by atoms with Crippen molar-refractivity contribution in [2.45, 2.75) is 34.7 Å². The Morgan fingerprint density at radius 2 is 1.90 bits per heavy atom. The van der Waals surface area contributed by atoms with Crippen molar-refractivity contribution in [1.82, 2.24) is 10.3 Å². The summed E-state index contributed by atoms with van der Waals surface area (Å²) in [6.07, 6.45) is -4.20. The number of alkyl halides is 3. The largest absolute Gasteiger partial charge is 0.417 e. The molecular formula is C18H18ClF3N2O3S2. The molecule has 0 fully saturated rings. The van der Waals surface area contributed by atoms with Gasteiger partial charge in [-0.3, -0.25) is 4.79 Å². The smallest absolute Gasteiger partial charge is 0.354 e. The first kappa shape index (κ1) is 23.5. The highest BCUT2D eigenvalue weighted by Crippen LogP contribution is 2.30. The van der Waals surface area contributed by atoms with Crippen LogP contribution in [0, 0.1) is 0 Å². The number of hydrogen-bond acceptors (Lipinski definition) is 5. The first-order chi connectivity index (χ1) is 13.4. The van der Waals surface area contributed by atoms with E-state index in [1.54, 1.807) is 18.2 Å². The minimum atomic E-state index is -4.64. The molecule has 0 saturated heterocycles. The molecule has 0 aliphatic carbocycles. The van der Waals surface area contributed by atoms with Gasteiger partial charge in [0.1, 0.15) is 0 Å². The van der Waals surface area contributed by atoms with Crippen LogP contribution in [0.3, 0.4) is 0 Å². The SMILES string of the molecule is CC(C)(C(=O)NCCSc1cccc(Cl)c1)S(=O)(=O)c1ccc(C(F)(F)F)cn1. The predicted octanol–water partition coefficient (Wildman–Crippen LogP) is 4.21. The van der Waals surface area contributed by atoms with Gasteiger partial charge in [-0.2, -0.15) is 13.2 Å². The van der Waals surface area contributed by atoms with E-state index in [1.165, 1.54) is 25.6 Å². The van der Waals surface area contributed by atoms with E-state index in [0.29, 0.717) is 23.0 Å². The van der Waals surface area contributed by atoms with Crippen molar-refractivity contribution in [2.24, 2.45) is 0 Å². The number of sulfone groups is 1. The summed E-state index contributed by atoms with van der Waals surface area (Å²) in [5.74, 6) is -0.299. The Labute approximate surface area is 176 Å². The zero-order valence-corrected chi connectivity index (χ0v) is 17.8. The second-order valence-corrected chi connectivity index (χ2v) is 10.5. The predicted molar refractivity (Wildman–Crippen MR) is 106 cm³/mol. The fraction of sp³-hybridized carbons (Fsp3) is 0.333. The number of halogens is 4. The van der Waals surface area contributed by atoms with Crippen LogP contribution in [-0.2, 0) is 20.8 Å². The van der Waals surface area contributed by atoms with Gasteiger partial charge < -0.3 is 5.32 Å². The summed E-state index contributed by atoms with van der Waals surface area (Å²) in [6.45, 7) is 2.55. The average Bonchev–Trinajstić information content (AvgIpc) is 2.64. The van der Waals surface area contributed by atoms with Crippen LogP contribution in [0.15, 0.2) is 52.5 Å². The number of thioether (sulfide) groups is 1. The molecule has 1 aromatic heterocycles. The van der Waals surface area contributed by atoms with Gasteiger partial charge in [0.25, 0.3) is 0 Å². The van der Waals surface area contributed by atoms with Crippen molar-refractivity contribution in [2.75, 3.05) is 12.3 Å². The van der Waals surface area contributed by atoms with E-state index >= 15 is 0 Å². The molecule has 0 aliphatic heterocycles. The Bertz CT molecular complexity index is 979. The Balaban J connectivity index is 2.02. The van der Waals surface area contributed by atoms with Gasteiger partial charge >= 0.3 is 6.18 Å². The molecule has 158 valence electrons. The van der Waals surface area contributed by atoms with Gasteiger partial charge in [0.05, 0.1) is 5.56 Å². The third-order valence-corrected chi connectivity index (χ3v) is 7.56. The van der Waals surface area contributed by atoms with Crippen LogP contribution in [0.25, 0.3) is 0 Å². The molecule has 0 saturated carbocycles.